The zero-order valence-electron chi connectivity index (χ0n) is 23.2. The maximum absolute atomic E-state index is 13.7. The number of ether oxygens (including phenoxy) is 3. The number of aryl methyl sites for hydroxylation is 1. The van der Waals surface area contributed by atoms with Crippen LogP contribution in [0.25, 0.3) is 0 Å². The molecule has 8 heteroatoms. The molecule has 0 spiro atoms. The number of amides is 2. The van der Waals surface area contributed by atoms with Crippen molar-refractivity contribution in [2.45, 2.75) is 33.7 Å². The summed E-state index contributed by atoms with van der Waals surface area (Å²) in [5, 5.41) is 2.04. The molecular formula is C30H38N2O5S. The predicted octanol–water partition coefficient (Wildman–Crippen LogP) is 5.45. The third-order valence-electron chi connectivity index (χ3n) is 6.31. The molecule has 0 aliphatic carbocycles. The Labute approximate surface area is 229 Å². The second-order valence-electron chi connectivity index (χ2n) is 9.59. The average molecular weight is 539 g/mol. The van der Waals surface area contributed by atoms with Crippen molar-refractivity contribution in [3.8, 4) is 17.2 Å². The van der Waals surface area contributed by atoms with Crippen LogP contribution in [0.15, 0.2) is 53.9 Å². The molecule has 0 unspecified atom stereocenters. The van der Waals surface area contributed by atoms with E-state index in [0.717, 1.165) is 16.0 Å². The zero-order chi connectivity index (χ0) is 27.7. The maximum Gasteiger partial charge on any atom is 0.254 e. The van der Waals surface area contributed by atoms with E-state index in [1.54, 1.807) is 61.8 Å². The van der Waals surface area contributed by atoms with Gasteiger partial charge in [-0.25, -0.2) is 0 Å². The van der Waals surface area contributed by atoms with E-state index in [4.69, 9.17) is 14.2 Å². The fourth-order valence-electron chi connectivity index (χ4n) is 4.17. The Morgan fingerprint density at radius 1 is 0.895 bits per heavy atom. The predicted molar refractivity (Wildman–Crippen MR) is 151 cm³/mol. The van der Waals surface area contributed by atoms with E-state index in [9.17, 15) is 9.59 Å². The minimum atomic E-state index is -0.165. The molecule has 0 radical (unpaired) electrons. The number of hydrogen-bond acceptors (Lipinski definition) is 6. The molecule has 0 fully saturated rings. The van der Waals surface area contributed by atoms with Gasteiger partial charge in [-0.05, 0) is 78.2 Å². The van der Waals surface area contributed by atoms with Gasteiger partial charge in [-0.2, -0.15) is 0 Å². The van der Waals surface area contributed by atoms with Crippen LogP contribution in [0.3, 0.4) is 0 Å². The first kappa shape index (κ1) is 29.0. The monoisotopic (exact) mass is 538 g/mol. The molecule has 0 bridgehead atoms. The molecular weight excluding hydrogens is 500 g/mol. The van der Waals surface area contributed by atoms with Gasteiger partial charge in [0.15, 0.2) is 11.5 Å². The first-order chi connectivity index (χ1) is 18.2. The van der Waals surface area contributed by atoms with Crippen molar-refractivity contribution in [3.05, 3.63) is 75.5 Å². The summed E-state index contributed by atoms with van der Waals surface area (Å²) in [4.78, 5) is 31.8. The molecule has 1 aromatic heterocycles. The van der Waals surface area contributed by atoms with E-state index in [0.29, 0.717) is 48.9 Å². The lowest BCUT2D eigenvalue weighted by Gasteiger charge is -2.29. The summed E-state index contributed by atoms with van der Waals surface area (Å²) in [6.45, 7) is 7.66. The van der Waals surface area contributed by atoms with Crippen molar-refractivity contribution in [1.29, 1.82) is 0 Å². The summed E-state index contributed by atoms with van der Waals surface area (Å²) >= 11 is 1.64. The quantitative estimate of drug-likeness (QED) is 0.289. The maximum atomic E-state index is 13.7. The van der Waals surface area contributed by atoms with Gasteiger partial charge in [-0.1, -0.05) is 19.9 Å². The summed E-state index contributed by atoms with van der Waals surface area (Å²) in [5.41, 5.74) is 2.73. The Bertz CT molecular complexity index is 1210. The van der Waals surface area contributed by atoms with Crippen molar-refractivity contribution in [2.75, 3.05) is 41.0 Å². The molecule has 2 amide bonds. The highest BCUT2D eigenvalue weighted by Crippen LogP contribution is 2.28. The number of carbonyl (C=O) groups excluding carboxylic acids is 2. The lowest BCUT2D eigenvalue weighted by Crippen LogP contribution is -2.44. The topological polar surface area (TPSA) is 68.3 Å². The minimum Gasteiger partial charge on any atom is -0.497 e. The van der Waals surface area contributed by atoms with E-state index >= 15 is 0 Å². The molecule has 0 saturated heterocycles. The van der Waals surface area contributed by atoms with Crippen molar-refractivity contribution >= 4 is 23.2 Å². The molecule has 0 aliphatic rings. The molecule has 3 aromatic rings. The molecule has 7 nitrogen and oxygen atoms in total. The fourth-order valence-corrected chi connectivity index (χ4v) is 5.09. The lowest BCUT2D eigenvalue weighted by atomic mass is 10.1. The number of thiophene rings is 1. The van der Waals surface area contributed by atoms with Gasteiger partial charge >= 0.3 is 0 Å². The minimum absolute atomic E-state index is 0.0133. The normalized spacial score (nSPS) is 10.8. The van der Waals surface area contributed by atoms with Crippen LogP contribution in [-0.2, 0) is 17.8 Å². The summed E-state index contributed by atoms with van der Waals surface area (Å²) in [6, 6.07) is 14.9. The summed E-state index contributed by atoms with van der Waals surface area (Å²) < 4.78 is 16.0. The van der Waals surface area contributed by atoms with Crippen LogP contribution >= 0.6 is 11.3 Å². The van der Waals surface area contributed by atoms with Crippen LogP contribution in [0, 0.1) is 12.8 Å². The zero-order valence-corrected chi connectivity index (χ0v) is 24.0. The highest BCUT2D eigenvalue weighted by Gasteiger charge is 2.24. The van der Waals surface area contributed by atoms with E-state index < -0.39 is 0 Å². The molecule has 0 aliphatic heterocycles. The standard InChI is InChI=1S/C30H38N2O5S/c1-21(2)18-32(30(34)24-8-10-25(35-4)11-9-24)20-29(33)31(19-28-22(3)14-16-38-28)15-13-23-7-12-26(36-5)27(17-23)37-6/h7-12,14,16-17,21H,13,15,18-20H2,1-6H3. The molecule has 204 valence electrons. The highest BCUT2D eigenvalue weighted by molar-refractivity contribution is 7.10. The Hall–Kier alpha value is -3.52. The van der Waals surface area contributed by atoms with Crippen molar-refractivity contribution in [3.63, 3.8) is 0 Å². The van der Waals surface area contributed by atoms with Crippen LogP contribution < -0.4 is 14.2 Å². The first-order valence-corrected chi connectivity index (χ1v) is 13.6. The first-order valence-electron chi connectivity index (χ1n) is 12.7. The van der Waals surface area contributed by atoms with Crippen molar-refractivity contribution < 1.29 is 23.8 Å². The molecule has 0 atom stereocenters. The third kappa shape index (κ3) is 7.74. The number of rotatable bonds is 13. The van der Waals surface area contributed by atoms with E-state index in [1.807, 2.05) is 42.3 Å². The summed E-state index contributed by atoms with van der Waals surface area (Å²) in [6.07, 6.45) is 0.646. The van der Waals surface area contributed by atoms with Crippen LogP contribution in [-0.4, -0.2) is 62.6 Å². The second kappa shape index (κ2) is 13.9. The highest BCUT2D eigenvalue weighted by atomic mass is 32.1. The van der Waals surface area contributed by atoms with Crippen LogP contribution in [0.5, 0.6) is 17.2 Å². The van der Waals surface area contributed by atoms with Gasteiger partial charge in [0.1, 0.15) is 12.3 Å². The van der Waals surface area contributed by atoms with Crippen LogP contribution in [0.4, 0.5) is 0 Å². The van der Waals surface area contributed by atoms with Gasteiger partial charge in [-0.3, -0.25) is 9.59 Å². The van der Waals surface area contributed by atoms with Crippen molar-refractivity contribution in [1.82, 2.24) is 9.80 Å². The second-order valence-corrected chi connectivity index (χ2v) is 10.6. The van der Waals surface area contributed by atoms with Gasteiger partial charge in [0.05, 0.1) is 27.9 Å². The van der Waals surface area contributed by atoms with Crippen LogP contribution in [0.1, 0.15) is 40.2 Å². The van der Waals surface area contributed by atoms with Gasteiger partial charge in [0.25, 0.3) is 5.91 Å². The Morgan fingerprint density at radius 2 is 1.61 bits per heavy atom. The van der Waals surface area contributed by atoms with Crippen molar-refractivity contribution in [2.24, 2.45) is 5.92 Å². The summed E-state index contributed by atoms with van der Waals surface area (Å²) in [7, 11) is 4.81. The largest absolute Gasteiger partial charge is 0.497 e. The number of hydrogen-bond donors (Lipinski definition) is 0. The molecule has 0 saturated carbocycles. The fraction of sp³-hybridized carbons (Fsp3) is 0.400. The summed E-state index contributed by atoms with van der Waals surface area (Å²) in [5.74, 6) is 1.97. The van der Waals surface area contributed by atoms with E-state index in [2.05, 4.69) is 13.0 Å². The molecule has 0 N–H and O–H groups in total. The molecule has 2 aromatic carbocycles. The average Bonchev–Trinajstić information content (AvgIpc) is 3.33. The molecule has 38 heavy (non-hydrogen) atoms. The van der Waals surface area contributed by atoms with Crippen LogP contribution in [0.2, 0.25) is 0 Å². The lowest BCUT2D eigenvalue weighted by molar-refractivity contribution is -0.132. The Kier molecular flexibility index (Phi) is 10.6. The van der Waals surface area contributed by atoms with E-state index in [1.165, 1.54) is 0 Å². The van der Waals surface area contributed by atoms with Gasteiger partial charge in [-0.15, -0.1) is 11.3 Å². The smallest absolute Gasteiger partial charge is 0.254 e. The number of carbonyl (C=O) groups is 2. The number of methoxy groups -OCH3 is 3. The van der Waals surface area contributed by atoms with Gasteiger partial charge in [0.2, 0.25) is 5.91 Å². The Morgan fingerprint density at radius 3 is 2.18 bits per heavy atom. The molecule has 1 heterocycles. The third-order valence-corrected chi connectivity index (χ3v) is 7.32. The number of nitrogens with zero attached hydrogens (tertiary/aromatic N) is 2. The number of benzene rings is 2. The Balaban J connectivity index is 1.81. The SMILES string of the molecule is COc1ccc(C(=O)N(CC(=O)N(CCc2ccc(OC)c(OC)c2)Cc2sccc2C)CC(C)C)cc1. The van der Waals surface area contributed by atoms with E-state index in [-0.39, 0.29) is 24.3 Å². The molecule has 3 rings (SSSR count). The van der Waals surface area contributed by atoms with Gasteiger partial charge < -0.3 is 24.0 Å². The van der Waals surface area contributed by atoms with Gasteiger partial charge in [0, 0.05) is 23.5 Å².